The molecule has 1 atom stereocenters. The number of hydrogen-bond acceptors (Lipinski definition) is 6. The zero-order chi connectivity index (χ0) is 38.2. The van der Waals surface area contributed by atoms with E-state index in [0.29, 0.717) is 6.42 Å². The fourth-order valence-corrected chi connectivity index (χ4v) is 6.59. The van der Waals surface area contributed by atoms with E-state index < -0.39 is 32.5 Å². The zero-order valence-corrected chi connectivity index (χ0v) is 34.6. The maximum Gasteiger partial charge on any atom is 0.469 e. The van der Waals surface area contributed by atoms with Crippen LogP contribution in [0.4, 0.5) is 0 Å². The molecule has 0 unspecified atom stereocenters. The zero-order valence-electron chi connectivity index (χ0n) is 33.7. The lowest BCUT2D eigenvalue weighted by Crippen LogP contribution is -2.29. The molecule has 52 heavy (non-hydrogen) atoms. The van der Waals surface area contributed by atoms with E-state index in [-0.39, 0.29) is 19.4 Å². The summed E-state index contributed by atoms with van der Waals surface area (Å²) in [7, 11) is -4.75. The summed E-state index contributed by atoms with van der Waals surface area (Å²) in [6.45, 7) is 3.68. The molecule has 8 nitrogen and oxygen atoms in total. The van der Waals surface area contributed by atoms with Crippen LogP contribution in [0, 0.1) is 0 Å². The first-order chi connectivity index (χ1) is 25.3. The molecule has 0 spiro atoms. The van der Waals surface area contributed by atoms with E-state index in [1.54, 1.807) is 0 Å². The number of allylic oxidation sites excluding steroid dienone is 4. The molecule has 9 heteroatoms. The van der Waals surface area contributed by atoms with Crippen molar-refractivity contribution in [2.24, 2.45) is 0 Å². The van der Waals surface area contributed by atoms with Gasteiger partial charge in [0.2, 0.25) is 0 Å². The van der Waals surface area contributed by atoms with Gasteiger partial charge in [0.25, 0.3) is 0 Å². The maximum absolute atomic E-state index is 12.4. The second kappa shape index (κ2) is 39.2. The van der Waals surface area contributed by atoms with Crippen LogP contribution in [0.2, 0.25) is 0 Å². The molecule has 2 N–H and O–H groups in total. The molecule has 0 amide bonds. The van der Waals surface area contributed by atoms with Crippen molar-refractivity contribution in [2.45, 2.75) is 225 Å². The van der Waals surface area contributed by atoms with Gasteiger partial charge < -0.3 is 19.3 Å². The van der Waals surface area contributed by atoms with Crippen molar-refractivity contribution in [3.8, 4) is 0 Å². The lowest BCUT2D eigenvalue weighted by molar-refractivity contribution is -0.161. The molecule has 0 aliphatic carbocycles. The minimum Gasteiger partial charge on any atom is -0.462 e. The highest BCUT2D eigenvalue weighted by Gasteiger charge is 2.22. The average Bonchev–Trinajstić information content (AvgIpc) is 3.11. The largest absolute Gasteiger partial charge is 0.469 e. The van der Waals surface area contributed by atoms with Gasteiger partial charge in [-0.25, -0.2) is 4.57 Å². The summed E-state index contributed by atoms with van der Waals surface area (Å²) in [5.74, 6) is -0.884. The third-order valence-electron chi connectivity index (χ3n) is 9.47. The van der Waals surface area contributed by atoms with Gasteiger partial charge in [0.05, 0.1) is 6.61 Å². The Morgan fingerprint density at radius 2 is 0.865 bits per heavy atom. The number of rotatable bonds is 40. The molecule has 0 bridgehead atoms. The highest BCUT2D eigenvalue weighted by Crippen LogP contribution is 2.36. The fourth-order valence-electron chi connectivity index (χ4n) is 6.23. The van der Waals surface area contributed by atoms with Crippen LogP contribution in [0.25, 0.3) is 0 Å². The first-order valence-electron chi connectivity index (χ1n) is 21.6. The quantitative estimate of drug-likeness (QED) is 0.0274. The predicted octanol–water partition coefficient (Wildman–Crippen LogP) is 13.2. The molecule has 0 rings (SSSR count). The highest BCUT2D eigenvalue weighted by molar-refractivity contribution is 7.46. The van der Waals surface area contributed by atoms with Crippen LogP contribution in [-0.2, 0) is 28.2 Å². The molecular formula is C43H81O8P. The van der Waals surface area contributed by atoms with Crippen molar-refractivity contribution >= 4 is 19.8 Å². The van der Waals surface area contributed by atoms with Gasteiger partial charge in [0, 0.05) is 12.8 Å². The second-order valence-electron chi connectivity index (χ2n) is 14.7. The SMILES string of the molecule is CCCCC/C=C\C/C=C\CCCCCCCCCC(=O)OC[C@H](COP(=O)(O)O)OC(=O)CCCCCCCCCCCCCCCCCCC. The van der Waals surface area contributed by atoms with Gasteiger partial charge in [-0.05, 0) is 44.9 Å². The number of carbonyl (C=O) groups excluding carboxylic acids is 2. The minimum absolute atomic E-state index is 0.215. The molecule has 306 valence electrons. The normalized spacial score (nSPS) is 12.6. The number of ether oxygens (including phenoxy) is 2. The molecule has 0 saturated carbocycles. The fraction of sp³-hybridized carbons (Fsp3) is 0.860. The van der Waals surface area contributed by atoms with Crippen LogP contribution in [-0.4, -0.2) is 41.0 Å². The lowest BCUT2D eigenvalue weighted by Gasteiger charge is -2.18. The van der Waals surface area contributed by atoms with Gasteiger partial charge >= 0.3 is 19.8 Å². The first kappa shape index (κ1) is 50.5. The topological polar surface area (TPSA) is 119 Å². The van der Waals surface area contributed by atoms with Crippen LogP contribution < -0.4 is 0 Å². The third kappa shape index (κ3) is 41.3. The van der Waals surface area contributed by atoms with Crippen molar-refractivity contribution < 1.29 is 37.9 Å². The molecule has 0 aliphatic heterocycles. The Hall–Kier alpha value is -1.47. The van der Waals surface area contributed by atoms with E-state index in [9.17, 15) is 14.2 Å². The van der Waals surface area contributed by atoms with Crippen molar-refractivity contribution in [2.75, 3.05) is 13.2 Å². The molecular weight excluding hydrogens is 675 g/mol. The Kier molecular flexibility index (Phi) is 38.1. The molecule has 0 radical (unpaired) electrons. The van der Waals surface area contributed by atoms with Gasteiger partial charge in [0.15, 0.2) is 6.10 Å². The number of carbonyl (C=O) groups is 2. The van der Waals surface area contributed by atoms with Gasteiger partial charge in [-0.15, -0.1) is 0 Å². The van der Waals surface area contributed by atoms with E-state index in [2.05, 4.69) is 42.7 Å². The monoisotopic (exact) mass is 757 g/mol. The Morgan fingerprint density at radius 3 is 1.31 bits per heavy atom. The van der Waals surface area contributed by atoms with Crippen molar-refractivity contribution in [3.63, 3.8) is 0 Å². The van der Waals surface area contributed by atoms with Crippen molar-refractivity contribution in [1.82, 2.24) is 0 Å². The standard InChI is InChI=1S/C43H81O8P/c1-3-5-7-9-11-13-15-17-19-21-23-25-27-29-31-33-35-37-42(44)49-39-41(40-50-52(46,47)48)51-43(45)38-36-34-32-30-28-26-24-22-20-18-16-14-12-10-8-6-4-2/h11,13,17,19,41H,3-10,12,14-16,18,20-40H2,1-2H3,(H2,46,47,48)/b13-11-,19-17-/t41-/m1/s1. The summed E-state index contributed by atoms with van der Waals surface area (Å²) in [6.07, 6.45) is 44.6. The summed E-state index contributed by atoms with van der Waals surface area (Å²) in [4.78, 5) is 42.9. The Morgan fingerprint density at radius 1 is 0.500 bits per heavy atom. The van der Waals surface area contributed by atoms with Gasteiger partial charge in [-0.1, -0.05) is 186 Å². The number of unbranched alkanes of at least 4 members (excludes halogenated alkanes) is 26. The number of hydrogen-bond donors (Lipinski definition) is 2. The second-order valence-corrected chi connectivity index (χ2v) is 15.9. The molecule has 0 saturated heterocycles. The van der Waals surface area contributed by atoms with Crippen LogP contribution in [0.3, 0.4) is 0 Å². The molecule has 0 aromatic rings. The summed E-state index contributed by atoms with van der Waals surface area (Å²) in [5, 5.41) is 0. The van der Waals surface area contributed by atoms with Gasteiger partial charge in [0.1, 0.15) is 6.61 Å². The summed E-state index contributed by atoms with van der Waals surface area (Å²) < 4.78 is 26.4. The minimum atomic E-state index is -4.75. The third-order valence-corrected chi connectivity index (χ3v) is 9.96. The van der Waals surface area contributed by atoms with Crippen molar-refractivity contribution in [3.05, 3.63) is 24.3 Å². The summed E-state index contributed by atoms with van der Waals surface area (Å²) in [5.41, 5.74) is 0. The Labute approximate surface area is 319 Å². The smallest absolute Gasteiger partial charge is 0.462 e. The summed E-state index contributed by atoms with van der Waals surface area (Å²) >= 11 is 0. The number of esters is 2. The van der Waals surface area contributed by atoms with Crippen LogP contribution in [0.1, 0.15) is 219 Å². The van der Waals surface area contributed by atoms with Gasteiger partial charge in [-0.3, -0.25) is 14.1 Å². The van der Waals surface area contributed by atoms with Crippen LogP contribution in [0.15, 0.2) is 24.3 Å². The van der Waals surface area contributed by atoms with E-state index >= 15 is 0 Å². The number of phosphoric ester groups is 1. The van der Waals surface area contributed by atoms with E-state index in [1.807, 2.05) is 0 Å². The van der Waals surface area contributed by atoms with Crippen LogP contribution >= 0.6 is 7.82 Å². The van der Waals surface area contributed by atoms with E-state index in [4.69, 9.17) is 19.3 Å². The Bertz CT molecular complexity index is 900. The number of phosphoric acid groups is 1. The lowest BCUT2D eigenvalue weighted by atomic mass is 10.0. The molecule has 0 heterocycles. The van der Waals surface area contributed by atoms with Crippen molar-refractivity contribution in [1.29, 1.82) is 0 Å². The first-order valence-corrected chi connectivity index (χ1v) is 23.2. The predicted molar refractivity (Wildman–Crippen MR) is 216 cm³/mol. The average molecular weight is 757 g/mol. The van der Waals surface area contributed by atoms with E-state index in [0.717, 1.165) is 57.8 Å². The van der Waals surface area contributed by atoms with Gasteiger partial charge in [-0.2, -0.15) is 0 Å². The van der Waals surface area contributed by atoms with E-state index in [1.165, 1.54) is 128 Å². The van der Waals surface area contributed by atoms with Crippen LogP contribution in [0.5, 0.6) is 0 Å². The maximum atomic E-state index is 12.4. The molecule has 0 aromatic heterocycles. The molecule has 0 aromatic carbocycles. The Balaban J connectivity index is 3.89. The molecule has 0 aliphatic rings. The highest BCUT2D eigenvalue weighted by atomic mass is 31.2. The summed E-state index contributed by atoms with van der Waals surface area (Å²) in [6, 6.07) is 0. The molecule has 0 fully saturated rings.